The van der Waals surface area contributed by atoms with Crippen molar-refractivity contribution in [2.45, 2.75) is 6.92 Å². The summed E-state index contributed by atoms with van der Waals surface area (Å²) < 4.78 is 0. The van der Waals surface area contributed by atoms with Crippen molar-refractivity contribution < 1.29 is 0 Å². The lowest BCUT2D eigenvalue weighted by atomic mass is 10.2. The van der Waals surface area contributed by atoms with Gasteiger partial charge in [-0.3, -0.25) is 0 Å². The Balaban J connectivity index is 4.61. The molecule has 0 N–H and O–H groups in total. The maximum atomic E-state index is 8.49. The molecule has 0 heterocycles. The van der Waals surface area contributed by atoms with Crippen LogP contribution in [0.15, 0.2) is 23.5 Å². The molecule has 0 atom stereocenters. The second kappa shape index (κ2) is 4.98. The molecule has 0 radical (unpaired) electrons. The maximum absolute atomic E-state index is 8.49. The Morgan fingerprint density at radius 2 is 2.17 bits per heavy atom. The Morgan fingerprint density at radius 1 is 1.58 bits per heavy atom. The van der Waals surface area contributed by atoms with Crippen LogP contribution in [0.1, 0.15) is 6.92 Å². The van der Waals surface area contributed by atoms with E-state index in [9.17, 15) is 0 Å². The van der Waals surface area contributed by atoms with E-state index in [1.165, 1.54) is 0 Å². The lowest BCUT2D eigenvalue weighted by Crippen LogP contribution is -2.00. The van der Waals surface area contributed by atoms with Crippen LogP contribution >= 0.6 is 0 Å². The molecule has 0 unspecified atom stereocenters. The lowest BCUT2D eigenvalue weighted by Gasteiger charge is -2.02. The highest BCUT2D eigenvalue weighted by molar-refractivity contribution is 5.37. The molecule has 0 bridgehead atoms. The molecule has 62 valence electrons. The summed E-state index contributed by atoms with van der Waals surface area (Å²) in [5.41, 5.74) is 0.842. The first-order valence-corrected chi connectivity index (χ1v) is 3.45. The van der Waals surface area contributed by atoms with Gasteiger partial charge in [0.25, 0.3) is 5.70 Å². The van der Waals surface area contributed by atoms with E-state index < -0.39 is 0 Å². The molecule has 0 aromatic carbocycles. The summed E-state index contributed by atoms with van der Waals surface area (Å²) in [5, 5.41) is 8.49. The molecule has 0 aliphatic rings. The summed E-state index contributed by atoms with van der Waals surface area (Å²) in [7, 11) is 3.77. The molecular formula is C9H11N3. The number of hydrogen-bond donors (Lipinski definition) is 0. The van der Waals surface area contributed by atoms with E-state index in [1.54, 1.807) is 19.2 Å². The van der Waals surface area contributed by atoms with E-state index in [1.807, 2.05) is 25.1 Å². The lowest BCUT2D eigenvalue weighted by molar-refractivity contribution is 0.563. The molecule has 3 nitrogen and oxygen atoms in total. The number of nitrogens with zero attached hydrogens (tertiary/aromatic N) is 3. The SMILES string of the molecule is [C-]#[N+]/C(C#N)=C(C)/C=C/N(C)C. The van der Waals surface area contributed by atoms with E-state index in [4.69, 9.17) is 11.8 Å². The molecule has 0 fully saturated rings. The second-order valence-electron chi connectivity index (χ2n) is 2.53. The van der Waals surface area contributed by atoms with Gasteiger partial charge in [-0.25, -0.2) is 10.1 Å². The Labute approximate surface area is 73.0 Å². The summed E-state index contributed by atoms with van der Waals surface area (Å²) in [6, 6.07) is 1.83. The van der Waals surface area contributed by atoms with Crippen LogP contribution in [0.3, 0.4) is 0 Å². The van der Waals surface area contributed by atoms with E-state index in [2.05, 4.69) is 4.85 Å². The summed E-state index contributed by atoms with van der Waals surface area (Å²) in [5.74, 6) is 0. The number of hydrogen-bond acceptors (Lipinski definition) is 2. The first-order chi connectivity index (χ1) is 5.61. The highest BCUT2D eigenvalue weighted by Crippen LogP contribution is 2.05. The first-order valence-electron chi connectivity index (χ1n) is 3.45. The van der Waals surface area contributed by atoms with Gasteiger partial charge in [0, 0.05) is 14.1 Å². The molecule has 0 aliphatic carbocycles. The van der Waals surface area contributed by atoms with Crippen LogP contribution in [-0.2, 0) is 0 Å². The average molecular weight is 161 g/mol. The minimum Gasteiger partial charge on any atom is -0.384 e. The van der Waals surface area contributed by atoms with Gasteiger partial charge in [0.05, 0.1) is 12.6 Å². The average Bonchev–Trinajstić information content (AvgIpc) is 2.03. The van der Waals surface area contributed by atoms with Crippen LogP contribution in [0.4, 0.5) is 0 Å². The highest BCUT2D eigenvalue weighted by Gasteiger charge is 1.95. The van der Waals surface area contributed by atoms with Crippen molar-refractivity contribution in [1.29, 1.82) is 5.26 Å². The highest BCUT2D eigenvalue weighted by atomic mass is 15.0. The van der Waals surface area contributed by atoms with Gasteiger partial charge in [0.2, 0.25) is 0 Å². The normalized spacial score (nSPS) is 11.8. The Bertz CT molecular complexity index is 268. The molecular weight excluding hydrogens is 150 g/mol. The van der Waals surface area contributed by atoms with Gasteiger partial charge in [0.15, 0.2) is 0 Å². The summed E-state index contributed by atoms with van der Waals surface area (Å²) in [4.78, 5) is 4.93. The van der Waals surface area contributed by atoms with Crippen LogP contribution in [0.2, 0.25) is 0 Å². The smallest absolute Gasteiger partial charge is 0.264 e. The van der Waals surface area contributed by atoms with E-state index in [0.717, 1.165) is 0 Å². The van der Waals surface area contributed by atoms with Crippen LogP contribution in [0, 0.1) is 17.9 Å². The minimum atomic E-state index is 0.146. The van der Waals surface area contributed by atoms with Gasteiger partial charge in [-0.1, -0.05) is 6.08 Å². The van der Waals surface area contributed by atoms with Gasteiger partial charge in [-0.2, -0.15) is 0 Å². The fraction of sp³-hybridized carbons (Fsp3) is 0.333. The standard InChI is InChI=1S/C9H11N3/c1-8(5-6-12(3)4)9(7-10)11-2/h5-6H,1,3-4H3/b6-5+,9-8+. The van der Waals surface area contributed by atoms with Gasteiger partial charge in [0.1, 0.15) is 0 Å². The summed E-state index contributed by atoms with van der Waals surface area (Å²) in [6.07, 6.45) is 3.55. The van der Waals surface area contributed by atoms with Crippen LogP contribution in [-0.4, -0.2) is 19.0 Å². The summed E-state index contributed by atoms with van der Waals surface area (Å²) in [6.45, 7) is 8.42. The van der Waals surface area contributed by atoms with Crippen molar-refractivity contribution in [3.8, 4) is 6.07 Å². The molecule has 0 amide bonds. The third-order valence-corrected chi connectivity index (χ3v) is 1.21. The predicted molar refractivity (Wildman–Crippen MR) is 47.7 cm³/mol. The molecule has 0 spiro atoms. The molecule has 0 aliphatic heterocycles. The fourth-order valence-electron chi connectivity index (χ4n) is 0.541. The van der Waals surface area contributed by atoms with Gasteiger partial charge < -0.3 is 4.90 Å². The molecule has 3 heteroatoms. The fourth-order valence-corrected chi connectivity index (χ4v) is 0.541. The minimum absolute atomic E-state index is 0.146. The number of allylic oxidation sites excluding steroid dienone is 3. The third-order valence-electron chi connectivity index (χ3n) is 1.21. The molecule has 12 heavy (non-hydrogen) atoms. The zero-order chi connectivity index (χ0) is 9.56. The maximum Gasteiger partial charge on any atom is 0.264 e. The first kappa shape index (κ1) is 10.3. The van der Waals surface area contributed by atoms with Crippen LogP contribution < -0.4 is 0 Å². The zero-order valence-corrected chi connectivity index (χ0v) is 7.50. The molecule has 0 aromatic rings. The quantitative estimate of drug-likeness (QED) is 0.351. The molecule has 0 aromatic heterocycles. The van der Waals surface area contributed by atoms with Crippen LogP contribution in [0.5, 0.6) is 0 Å². The van der Waals surface area contributed by atoms with Crippen molar-refractivity contribution in [3.63, 3.8) is 0 Å². The second-order valence-corrected chi connectivity index (χ2v) is 2.53. The number of rotatable bonds is 2. The van der Waals surface area contributed by atoms with E-state index >= 15 is 0 Å². The third kappa shape index (κ3) is 3.43. The van der Waals surface area contributed by atoms with E-state index in [0.29, 0.717) is 5.57 Å². The van der Waals surface area contributed by atoms with Crippen molar-refractivity contribution >= 4 is 0 Å². The molecule has 0 saturated heterocycles. The van der Waals surface area contributed by atoms with Crippen LogP contribution in [0.25, 0.3) is 4.85 Å². The molecule has 0 saturated carbocycles. The van der Waals surface area contributed by atoms with Crippen molar-refractivity contribution in [2.75, 3.05) is 14.1 Å². The monoisotopic (exact) mass is 161 g/mol. The van der Waals surface area contributed by atoms with Gasteiger partial charge in [-0.15, -0.1) is 0 Å². The zero-order valence-electron chi connectivity index (χ0n) is 7.50. The predicted octanol–water partition coefficient (Wildman–Crippen LogP) is 1.78. The Kier molecular flexibility index (Phi) is 4.26. The van der Waals surface area contributed by atoms with Gasteiger partial charge in [-0.05, 0) is 18.7 Å². The van der Waals surface area contributed by atoms with Gasteiger partial charge >= 0.3 is 0 Å². The largest absolute Gasteiger partial charge is 0.384 e. The van der Waals surface area contributed by atoms with E-state index in [-0.39, 0.29) is 5.70 Å². The Morgan fingerprint density at radius 3 is 2.50 bits per heavy atom. The number of nitriles is 1. The summed E-state index contributed by atoms with van der Waals surface area (Å²) >= 11 is 0. The molecule has 0 rings (SSSR count). The van der Waals surface area contributed by atoms with Crippen molar-refractivity contribution in [1.82, 2.24) is 4.90 Å². The van der Waals surface area contributed by atoms with Crippen molar-refractivity contribution in [3.05, 3.63) is 35.0 Å². The Hall–Kier alpha value is -1.74. The topological polar surface area (TPSA) is 31.4 Å². The van der Waals surface area contributed by atoms with Crippen molar-refractivity contribution in [2.24, 2.45) is 0 Å².